The molecule has 2 amide bonds. The van der Waals surface area contributed by atoms with Crippen LogP contribution in [0.4, 0.5) is 0 Å². The van der Waals surface area contributed by atoms with E-state index in [1.807, 2.05) is 104 Å². The summed E-state index contributed by atoms with van der Waals surface area (Å²) in [5, 5.41) is 0. The van der Waals surface area contributed by atoms with Crippen LogP contribution in [0.5, 0.6) is 0 Å². The van der Waals surface area contributed by atoms with Gasteiger partial charge in [-0.3, -0.25) is 9.59 Å². The van der Waals surface area contributed by atoms with Crippen molar-refractivity contribution in [1.29, 1.82) is 0 Å². The molecule has 0 aliphatic carbocycles. The summed E-state index contributed by atoms with van der Waals surface area (Å²) in [6.07, 6.45) is 4.32. The van der Waals surface area contributed by atoms with Gasteiger partial charge in [0.15, 0.2) is 0 Å². The maximum atomic E-state index is 13.4. The zero-order valence-corrected chi connectivity index (χ0v) is 20.3. The molecule has 4 aromatic rings. The van der Waals surface area contributed by atoms with Gasteiger partial charge in [-0.1, -0.05) is 49.4 Å². The molecule has 0 atom stereocenters. The van der Waals surface area contributed by atoms with Gasteiger partial charge in [-0.2, -0.15) is 0 Å². The van der Waals surface area contributed by atoms with Gasteiger partial charge in [0, 0.05) is 31.0 Å². The van der Waals surface area contributed by atoms with E-state index in [2.05, 4.69) is 0 Å². The van der Waals surface area contributed by atoms with E-state index in [4.69, 9.17) is 4.42 Å². The molecule has 0 spiro atoms. The molecule has 0 unspecified atom stereocenters. The first-order chi connectivity index (χ1) is 17.0. The molecule has 0 N–H and O–H groups in total. The monoisotopic (exact) mass is 469 g/mol. The van der Waals surface area contributed by atoms with E-state index in [1.165, 1.54) is 0 Å². The van der Waals surface area contributed by atoms with Crippen molar-refractivity contribution < 1.29 is 14.0 Å². The molecule has 0 radical (unpaired) electrons. The fourth-order valence-corrected chi connectivity index (χ4v) is 4.08. The van der Waals surface area contributed by atoms with Gasteiger partial charge >= 0.3 is 0 Å². The van der Waals surface area contributed by atoms with Crippen molar-refractivity contribution in [1.82, 2.24) is 14.4 Å². The Morgan fingerprint density at radius 2 is 1.57 bits per heavy atom. The highest BCUT2D eigenvalue weighted by Gasteiger charge is 2.23. The molecule has 6 nitrogen and oxygen atoms in total. The molecule has 0 aliphatic rings. The number of benzene rings is 2. The molecule has 4 rings (SSSR count). The molecule has 2 heterocycles. The second-order valence-corrected chi connectivity index (χ2v) is 8.61. The Balaban J connectivity index is 1.50. The SMILES string of the molecule is CCCN(CC(=O)N(Cc1ccco1)Cc1cccn1C)C(=O)c1ccc(-c2ccccc2)cc1. The van der Waals surface area contributed by atoms with E-state index in [0.29, 0.717) is 31.0 Å². The number of furan rings is 1. The van der Waals surface area contributed by atoms with Crippen LogP contribution < -0.4 is 0 Å². The topological polar surface area (TPSA) is 58.7 Å². The summed E-state index contributed by atoms with van der Waals surface area (Å²) in [4.78, 5) is 30.2. The molecule has 0 saturated heterocycles. The van der Waals surface area contributed by atoms with Crippen molar-refractivity contribution in [2.24, 2.45) is 7.05 Å². The van der Waals surface area contributed by atoms with Gasteiger partial charge in [-0.25, -0.2) is 0 Å². The number of carbonyl (C=O) groups is 2. The minimum absolute atomic E-state index is 0.0121. The van der Waals surface area contributed by atoms with E-state index in [-0.39, 0.29) is 18.4 Å². The first-order valence-electron chi connectivity index (χ1n) is 11.9. The molecular formula is C29H31N3O3. The molecule has 0 fully saturated rings. The highest BCUT2D eigenvalue weighted by Crippen LogP contribution is 2.20. The lowest BCUT2D eigenvalue weighted by Gasteiger charge is -2.27. The highest BCUT2D eigenvalue weighted by atomic mass is 16.3. The van der Waals surface area contributed by atoms with E-state index in [9.17, 15) is 9.59 Å². The van der Waals surface area contributed by atoms with Crippen LogP contribution in [-0.4, -0.2) is 39.3 Å². The summed E-state index contributed by atoms with van der Waals surface area (Å²) < 4.78 is 7.49. The minimum atomic E-state index is -0.142. The zero-order valence-electron chi connectivity index (χ0n) is 20.3. The lowest BCUT2D eigenvalue weighted by atomic mass is 10.0. The molecule has 180 valence electrons. The number of amides is 2. The van der Waals surface area contributed by atoms with Crippen LogP contribution in [0.2, 0.25) is 0 Å². The van der Waals surface area contributed by atoms with E-state index < -0.39 is 0 Å². The number of nitrogens with zero attached hydrogens (tertiary/aromatic N) is 3. The van der Waals surface area contributed by atoms with E-state index in [1.54, 1.807) is 16.1 Å². The van der Waals surface area contributed by atoms with Gasteiger partial charge in [-0.05, 0) is 53.9 Å². The van der Waals surface area contributed by atoms with Crippen LogP contribution in [0, 0.1) is 0 Å². The van der Waals surface area contributed by atoms with Gasteiger partial charge in [0.1, 0.15) is 12.3 Å². The van der Waals surface area contributed by atoms with E-state index in [0.717, 1.165) is 23.2 Å². The summed E-state index contributed by atoms with van der Waals surface area (Å²) in [6.45, 7) is 3.30. The first kappa shape index (κ1) is 24.1. The molecule has 0 saturated carbocycles. The van der Waals surface area contributed by atoms with Gasteiger partial charge in [0.2, 0.25) is 5.91 Å². The minimum Gasteiger partial charge on any atom is -0.467 e. The number of hydrogen-bond donors (Lipinski definition) is 0. The van der Waals surface area contributed by atoms with Crippen LogP contribution in [0.15, 0.2) is 95.7 Å². The maximum absolute atomic E-state index is 13.4. The Morgan fingerprint density at radius 3 is 2.20 bits per heavy atom. The van der Waals surface area contributed by atoms with Crippen molar-refractivity contribution in [2.45, 2.75) is 26.4 Å². The normalized spacial score (nSPS) is 10.8. The van der Waals surface area contributed by atoms with Crippen LogP contribution in [0.1, 0.15) is 35.2 Å². The predicted molar refractivity (Wildman–Crippen MR) is 136 cm³/mol. The third kappa shape index (κ3) is 6.09. The molecular weight excluding hydrogens is 438 g/mol. The molecule has 2 aromatic carbocycles. The Morgan fingerprint density at radius 1 is 0.829 bits per heavy atom. The molecule has 0 aliphatic heterocycles. The third-order valence-corrected chi connectivity index (χ3v) is 6.03. The summed E-state index contributed by atoms with van der Waals surface area (Å²) >= 11 is 0. The smallest absolute Gasteiger partial charge is 0.254 e. The standard InChI is InChI=1S/C29H31N3O3/c1-3-17-31(29(34)25-15-13-24(14-16-25)23-9-5-4-6-10-23)22-28(33)32(21-27-12-8-19-35-27)20-26-11-7-18-30(26)2/h4-16,18-19H,3,17,20-22H2,1-2H3. The van der Waals surface area contributed by atoms with Crippen LogP contribution in [-0.2, 0) is 24.9 Å². The quantitative estimate of drug-likeness (QED) is 0.314. The number of aryl methyl sites for hydroxylation is 1. The molecule has 35 heavy (non-hydrogen) atoms. The highest BCUT2D eigenvalue weighted by molar-refractivity contribution is 5.97. The van der Waals surface area contributed by atoms with Crippen molar-refractivity contribution in [3.8, 4) is 11.1 Å². The average molecular weight is 470 g/mol. The Bertz CT molecular complexity index is 1230. The van der Waals surface area contributed by atoms with E-state index >= 15 is 0 Å². The summed E-state index contributed by atoms with van der Waals surface area (Å²) in [5.41, 5.74) is 3.73. The second-order valence-electron chi connectivity index (χ2n) is 8.61. The number of aromatic nitrogens is 1. The molecule has 0 bridgehead atoms. The molecule has 6 heteroatoms. The Kier molecular flexibility index (Phi) is 7.83. The summed E-state index contributed by atoms with van der Waals surface area (Å²) in [7, 11) is 1.96. The fraction of sp³-hybridized carbons (Fsp3) is 0.241. The number of rotatable bonds is 10. The predicted octanol–water partition coefficient (Wildman–Crippen LogP) is 5.37. The first-order valence-corrected chi connectivity index (χ1v) is 11.9. The lowest BCUT2D eigenvalue weighted by Crippen LogP contribution is -2.43. The third-order valence-electron chi connectivity index (χ3n) is 6.03. The Labute approximate surface area is 206 Å². The largest absolute Gasteiger partial charge is 0.467 e. The lowest BCUT2D eigenvalue weighted by molar-refractivity contribution is -0.133. The Hall–Kier alpha value is -4.06. The average Bonchev–Trinajstić information content (AvgIpc) is 3.55. The number of hydrogen-bond acceptors (Lipinski definition) is 3. The summed E-state index contributed by atoms with van der Waals surface area (Å²) in [6, 6.07) is 25.2. The second kappa shape index (κ2) is 11.4. The maximum Gasteiger partial charge on any atom is 0.254 e. The van der Waals surface area contributed by atoms with Gasteiger partial charge < -0.3 is 18.8 Å². The number of carbonyl (C=O) groups excluding carboxylic acids is 2. The fourth-order valence-electron chi connectivity index (χ4n) is 4.08. The van der Waals surface area contributed by atoms with Gasteiger partial charge in [0.25, 0.3) is 5.91 Å². The van der Waals surface area contributed by atoms with Crippen LogP contribution in [0.25, 0.3) is 11.1 Å². The summed E-state index contributed by atoms with van der Waals surface area (Å²) in [5.74, 6) is 0.444. The van der Waals surface area contributed by atoms with Crippen molar-refractivity contribution in [3.05, 3.63) is 108 Å². The van der Waals surface area contributed by atoms with Gasteiger partial charge in [-0.15, -0.1) is 0 Å². The van der Waals surface area contributed by atoms with Crippen molar-refractivity contribution in [2.75, 3.05) is 13.1 Å². The molecule has 2 aromatic heterocycles. The van der Waals surface area contributed by atoms with Crippen molar-refractivity contribution in [3.63, 3.8) is 0 Å². The van der Waals surface area contributed by atoms with Crippen LogP contribution in [0.3, 0.4) is 0 Å². The van der Waals surface area contributed by atoms with Crippen molar-refractivity contribution >= 4 is 11.8 Å². The zero-order chi connectivity index (χ0) is 24.6. The van der Waals surface area contributed by atoms with Crippen LogP contribution >= 0.6 is 0 Å². The van der Waals surface area contributed by atoms with Gasteiger partial charge in [0.05, 0.1) is 19.4 Å².